The maximum Gasteiger partial charge on any atom is 0.253 e. The fourth-order valence-electron chi connectivity index (χ4n) is 2.17. The van der Waals surface area contributed by atoms with E-state index in [4.69, 9.17) is 4.74 Å². The molecule has 0 bridgehead atoms. The van der Waals surface area contributed by atoms with Gasteiger partial charge in [-0.3, -0.25) is 0 Å². The third kappa shape index (κ3) is 4.24. The Hall–Kier alpha value is -0.510. The standard InChI is InChI=1S/C13H20BrN3O3S/c1-10-12(14)7-11(9-15-2)8-13(10)21(18,19)16-17-3-5-20-6-4-17/h7-8,15-16H,3-6,9H2,1-2H3. The normalized spacial score (nSPS) is 17.1. The van der Waals surface area contributed by atoms with Crippen LogP contribution in [0.2, 0.25) is 0 Å². The molecule has 118 valence electrons. The highest BCUT2D eigenvalue weighted by molar-refractivity contribution is 9.10. The van der Waals surface area contributed by atoms with Gasteiger partial charge in [0, 0.05) is 24.1 Å². The molecule has 0 radical (unpaired) electrons. The Kier molecular flexibility index (Phi) is 5.75. The van der Waals surface area contributed by atoms with E-state index in [2.05, 4.69) is 26.1 Å². The number of sulfonamides is 1. The maximum atomic E-state index is 12.6. The summed E-state index contributed by atoms with van der Waals surface area (Å²) in [4.78, 5) is 2.93. The van der Waals surface area contributed by atoms with E-state index in [-0.39, 0.29) is 0 Å². The Balaban J connectivity index is 2.29. The summed E-state index contributed by atoms with van der Waals surface area (Å²) in [6, 6.07) is 3.64. The molecule has 0 aliphatic carbocycles. The summed E-state index contributed by atoms with van der Waals surface area (Å²) in [5.74, 6) is 0. The lowest BCUT2D eigenvalue weighted by Gasteiger charge is -2.27. The van der Waals surface area contributed by atoms with Crippen LogP contribution in [-0.2, 0) is 21.3 Å². The average molecular weight is 378 g/mol. The molecule has 6 nitrogen and oxygen atoms in total. The van der Waals surface area contributed by atoms with Crippen molar-refractivity contribution < 1.29 is 13.2 Å². The van der Waals surface area contributed by atoms with Crippen LogP contribution in [0.3, 0.4) is 0 Å². The third-order valence-electron chi connectivity index (χ3n) is 3.29. The summed E-state index contributed by atoms with van der Waals surface area (Å²) in [6.45, 7) is 4.57. The molecular weight excluding hydrogens is 358 g/mol. The van der Waals surface area contributed by atoms with Crippen LogP contribution in [0.15, 0.2) is 21.5 Å². The Morgan fingerprint density at radius 3 is 2.62 bits per heavy atom. The molecule has 1 aromatic rings. The van der Waals surface area contributed by atoms with Crippen molar-refractivity contribution in [2.45, 2.75) is 18.4 Å². The maximum absolute atomic E-state index is 12.6. The van der Waals surface area contributed by atoms with E-state index >= 15 is 0 Å². The van der Waals surface area contributed by atoms with Gasteiger partial charge >= 0.3 is 0 Å². The first-order valence-corrected chi connectivity index (χ1v) is 9.00. The van der Waals surface area contributed by atoms with Crippen molar-refractivity contribution >= 4 is 26.0 Å². The molecule has 1 aliphatic heterocycles. The zero-order valence-corrected chi connectivity index (χ0v) is 14.6. The van der Waals surface area contributed by atoms with Crippen LogP contribution in [0.4, 0.5) is 0 Å². The Labute approximate surface area is 134 Å². The second-order valence-electron chi connectivity index (χ2n) is 4.93. The first kappa shape index (κ1) is 16.9. The van der Waals surface area contributed by atoms with Crippen LogP contribution in [0.1, 0.15) is 11.1 Å². The first-order valence-electron chi connectivity index (χ1n) is 6.73. The highest BCUT2D eigenvalue weighted by Gasteiger charge is 2.23. The zero-order chi connectivity index (χ0) is 15.5. The summed E-state index contributed by atoms with van der Waals surface area (Å²) in [5.41, 5.74) is 1.62. The van der Waals surface area contributed by atoms with Crippen LogP contribution < -0.4 is 10.1 Å². The molecule has 2 N–H and O–H groups in total. The minimum Gasteiger partial charge on any atom is -0.379 e. The number of hydrogen-bond acceptors (Lipinski definition) is 5. The number of rotatable bonds is 5. The number of nitrogens with one attached hydrogen (secondary N) is 2. The van der Waals surface area contributed by atoms with E-state index in [1.54, 1.807) is 18.0 Å². The van der Waals surface area contributed by atoms with E-state index in [1.165, 1.54) is 0 Å². The van der Waals surface area contributed by atoms with Crippen molar-refractivity contribution in [1.29, 1.82) is 0 Å². The van der Waals surface area contributed by atoms with E-state index in [1.807, 2.05) is 13.1 Å². The van der Waals surface area contributed by atoms with Gasteiger partial charge < -0.3 is 10.1 Å². The van der Waals surface area contributed by atoms with Gasteiger partial charge in [0.05, 0.1) is 18.1 Å². The Morgan fingerprint density at radius 2 is 2.00 bits per heavy atom. The minimum atomic E-state index is -3.59. The number of nitrogens with zero attached hydrogens (tertiary/aromatic N) is 1. The van der Waals surface area contributed by atoms with Crippen molar-refractivity contribution in [1.82, 2.24) is 15.2 Å². The lowest BCUT2D eigenvalue weighted by Crippen LogP contribution is -2.48. The minimum absolute atomic E-state index is 0.300. The molecule has 0 atom stereocenters. The number of hydrogen-bond donors (Lipinski definition) is 2. The lowest BCUT2D eigenvalue weighted by atomic mass is 10.1. The van der Waals surface area contributed by atoms with Gasteiger partial charge in [0.2, 0.25) is 0 Å². The summed E-state index contributed by atoms with van der Waals surface area (Å²) in [5, 5.41) is 4.71. The molecule has 21 heavy (non-hydrogen) atoms. The summed E-state index contributed by atoms with van der Waals surface area (Å²) < 4.78 is 31.2. The van der Waals surface area contributed by atoms with Crippen LogP contribution in [0, 0.1) is 6.92 Å². The molecule has 2 rings (SSSR count). The number of ether oxygens (including phenoxy) is 1. The van der Waals surface area contributed by atoms with Gasteiger partial charge in [-0.15, -0.1) is 4.83 Å². The number of halogens is 1. The number of benzene rings is 1. The predicted octanol–water partition coefficient (Wildman–Crippen LogP) is 1.00. The molecule has 1 aliphatic rings. The summed E-state index contributed by atoms with van der Waals surface area (Å²) in [7, 11) is -1.76. The fraction of sp³-hybridized carbons (Fsp3) is 0.538. The Morgan fingerprint density at radius 1 is 1.33 bits per heavy atom. The topological polar surface area (TPSA) is 70.7 Å². The monoisotopic (exact) mass is 377 g/mol. The predicted molar refractivity (Wildman–Crippen MR) is 84.4 cm³/mol. The highest BCUT2D eigenvalue weighted by atomic mass is 79.9. The zero-order valence-electron chi connectivity index (χ0n) is 12.1. The van der Waals surface area contributed by atoms with Crippen LogP contribution in [0.5, 0.6) is 0 Å². The quantitative estimate of drug-likeness (QED) is 0.800. The Bertz CT molecular complexity index is 601. The molecule has 8 heteroatoms. The third-order valence-corrected chi connectivity index (χ3v) is 5.61. The molecule has 1 aromatic carbocycles. The molecule has 1 heterocycles. The lowest BCUT2D eigenvalue weighted by molar-refractivity contribution is 0.0272. The SMILES string of the molecule is CNCc1cc(Br)c(C)c(S(=O)(=O)NN2CCOCC2)c1. The molecule has 0 unspecified atom stereocenters. The van der Waals surface area contributed by atoms with Crippen molar-refractivity contribution in [3.63, 3.8) is 0 Å². The summed E-state index contributed by atoms with van der Waals surface area (Å²) in [6.07, 6.45) is 0. The van der Waals surface area contributed by atoms with Gasteiger partial charge in [-0.1, -0.05) is 15.9 Å². The second-order valence-corrected chi connectivity index (χ2v) is 7.41. The van der Waals surface area contributed by atoms with E-state index in [0.29, 0.717) is 43.3 Å². The van der Waals surface area contributed by atoms with E-state index in [9.17, 15) is 8.42 Å². The van der Waals surface area contributed by atoms with E-state index in [0.717, 1.165) is 10.0 Å². The van der Waals surface area contributed by atoms with Crippen molar-refractivity contribution in [3.05, 3.63) is 27.7 Å². The molecule has 0 saturated carbocycles. The number of hydrazine groups is 1. The van der Waals surface area contributed by atoms with Gasteiger partial charge in [-0.05, 0) is 37.2 Å². The average Bonchev–Trinajstić information content (AvgIpc) is 2.43. The molecule has 1 saturated heterocycles. The van der Waals surface area contributed by atoms with Gasteiger partial charge in [0.25, 0.3) is 10.0 Å². The van der Waals surface area contributed by atoms with Crippen LogP contribution in [0.25, 0.3) is 0 Å². The molecule has 0 aromatic heterocycles. The van der Waals surface area contributed by atoms with Gasteiger partial charge in [-0.2, -0.15) is 0 Å². The summed E-state index contributed by atoms with van der Waals surface area (Å²) >= 11 is 3.43. The van der Waals surface area contributed by atoms with Crippen molar-refractivity contribution in [2.24, 2.45) is 0 Å². The molecule has 1 fully saturated rings. The second kappa shape index (κ2) is 7.17. The molecule has 0 spiro atoms. The number of morpholine rings is 1. The highest BCUT2D eigenvalue weighted by Crippen LogP contribution is 2.26. The molecule has 0 amide bonds. The van der Waals surface area contributed by atoms with Crippen molar-refractivity contribution in [2.75, 3.05) is 33.4 Å². The smallest absolute Gasteiger partial charge is 0.253 e. The van der Waals surface area contributed by atoms with E-state index < -0.39 is 10.0 Å². The van der Waals surface area contributed by atoms with Gasteiger partial charge in [0.1, 0.15) is 0 Å². The van der Waals surface area contributed by atoms with Crippen molar-refractivity contribution in [3.8, 4) is 0 Å². The van der Waals surface area contributed by atoms with Gasteiger partial charge in [0.15, 0.2) is 0 Å². The largest absolute Gasteiger partial charge is 0.379 e. The van der Waals surface area contributed by atoms with Gasteiger partial charge in [-0.25, -0.2) is 13.4 Å². The first-order chi connectivity index (χ1) is 9.94. The molecular formula is C13H20BrN3O3S. The fourth-order valence-corrected chi connectivity index (χ4v) is 4.25. The van der Waals surface area contributed by atoms with Crippen LogP contribution in [-0.4, -0.2) is 46.8 Å². The van der Waals surface area contributed by atoms with Crippen LogP contribution >= 0.6 is 15.9 Å².